The van der Waals surface area contributed by atoms with Gasteiger partial charge in [-0.1, -0.05) is 30.3 Å². The Bertz CT molecular complexity index is 666. The first-order chi connectivity index (χ1) is 10.1. The van der Waals surface area contributed by atoms with E-state index in [2.05, 4.69) is 58.7 Å². The fourth-order valence-corrected chi connectivity index (χ4v) is 2.96. The highest BCUT2D eigenvalue weighted by Gasteiger charge is 2.20. The number of amides is 1. The molecule has 3 heteroatoms. The summed E-state index contributed by atoms with van der Waals surface area (Å²) in [4.78, 5) is 13.6. The Labute approximate surface area is 125 Å². The van der Waals surface area contributed by atoms with Gasteiger partial charge in [0.15, 0.2) is 0 Å². The molecule has 1 heterocycles. The van der Waals surface area contributed by atoms with Crippen molar-refractivity contribution in [2.75, 3.05) is 11.4 Å². The average molecular weight is 280 g/mol. The van der Waals surface area contributed by atoms with Crippen LogP contribution in [0.25, 0.3) is 0 Å². The SMILES string of the molecule is CC(=O)NC(C)c1cccc(N2CCc3ccccc32)c1. The van der Waals surface area contributed by atoms with Gasteiger partial charge >= 0.3 is 0 Å². The normalized spacial score (nSPS) is 14.7. The molecule has 0 saturated heterocycles. The van der Waals surface area contributed by atoms with E-state index in [9.17, 15) is 4.79 Å². The molecule has 21 heavy (non-hydrogen) atoms. The number of carbonyl (C=O) groups is 1. The molecule has 1 N–H and O–H groups in total. The second-order valence-corrected chi connectivity index (χ2v) is 5.55. The van der Waals surface area contributed by atoms with Crippen molar-refractivity contribution in [1.82, 2.24) is 5.32 Å². The van der Waals surface area contributed by atoms with Gasteiger partial charge in [0.1, 0.15) is 0 Å². The Morgan fingerprint density at radius 1 is 1.19 bits per heavy atom. The molecule has 1 amide bonds. The molecule has 2 aromatic carbocycles. The van der Waals surface area contributed by atoms with Crippen LogP contribution in [0, 0.1) is 0 Å². The lowest BCUT2D eigenvalue weighted by Crippen LogP contribution is -2.23. The summed E-state index contributed by atoms with van der Waals surface area (Å²) in [7, 11) is 0. The van der Waals surface area contributed by atoms with Crippen molar-refractivity contribution in [3.63, 3.8) is 0 Å². The van der Waals surface area contributed by atoms with Crippen LogP contribution >= 0.6 is 0 Å². The zero-order valence-electron chi connectivity index (χ0n) is 12.5. The molecule has 0 aromatic heterocycles. The molecule has 0 saturated carbocycles. The predicted molar refractivity (Wildman–Crippen MR) is 85.8 cm³/mol. The summed E-state index contributed by atoms with van der Waals surface area (Å²) in [5.41, 5.74) is 5.02. The second-order valence-electron chi connectivity index (χ2n) is 5.55. The number of nitrogens with zero attached hydrogens (tertiary/aromatic N) is 1. The number of hydrogen-bond donors (Lipinski definition) is 1. The molecule has 0 bridgehead atoms. The summed E-state index contributed by atoms with van der Waals surface area (Å²) in [5.74, 6) is -0.000536. The lowest BCUT2D eigenvalue weighted by atomic mass is 10.1. The molecule has 108 valence electrons. The fraction of sp³-hybridized carbons (Fsp3) is 0.278. The lowest BCUT2D eigenvalue weighted by Gasteiger charge is -2.22. The minimum Gasteiger partial charge on any atom is -0.350 e. The van der Waals surface area contributed by atoms with Crippen LogP contribution in [0.1, 0.15) is 31.0 Å². The molecule has 0 fully saturated rings. The summed E-state index contributed by atoms with van der Waals surface area (Å²) >= 11 is 0. The third kappa shape index (κ3) is 2.77. The molecular weight excluding hydrogens is 260 g/mol. The Balaban J connectivity index is 1.89. The van der Waals surface area contributed by atoms with Gasteiger partial charge in [0.05, 0.1) is 6.04 Å². The zero-order chi connectivity index (χ0) is 14.8. The first-order valence-electron chi connectivity index (χ1n) is 7.37. The topological polar surface area (TPSA) is 32.3 Å². The van der Waals surface area contributed by atoms with Crippen molar-refractivity contribution >= 4 is 17.3 Å². The van der Waals surface area contributed by atoms with E-state index in [0.717, 1.165) is 18.5 Å². The van der Waals surface area contributed by atoms with Gasteiger partial charge in [-0.25, -0.2) is 0 Å². The molecule has 0 spiro atoms. The number of para-hydroxylation sites is 1. The number of anilines is 2. The van der Waals surface area contributed by atoms with Crippen molar-refractivity contribution in [2.45, 2.75) is 26.3 Å². The van der Waals surface area contributed by atoms with Crippen molar-refractivity contribution in [1.29, 1.82) is 0 Å². The lowest BCUT2D eigenvalue weighted by molar-refractivity contribution is -0.119. The number of hydrogen-bond acceptors (Lipinski definition) is 2. The molecule has 1 aliphatic heterocycles. The van der Waals surface area contributed by atoms with E-state index < -0.39 is 0 Å². The number of rotatable bonds is 3. The first kappa shape index (κ1) is 13.7. The van der Waals surface area contributed by atoms with Crippen LogP contribution in [0.2, 0.25) is 0 Å². The third-order valence-electron chi connectivity index (χ3n) is 3.99. The molecule has 2 aromatic rings. The van der Waals surface area contributed by atoms with Crippen molar-refractivity contribution in [2.24, 2.45) is 0 Å². The van der Waals surface area contributed by atoms with Crippen LogP contribution in [-0.4, -0.2) is 12.5 Å². The van der Waals surface area contributed by atoms with Crippen LogP contribution in [0.3, 0.4) is 0 Å². The largest absolute Gasteiger partial charge is 0.350 e. The van der Waals surface area contributed by atoms with E-state index in [1.54, 1.807) is 6.92 Å². The quantitative estimate of drug-likeness (QED) is 0.932. The predicted octanol–water partition coefficient (Wildman–Crippen LogP) is 3.58. The highest BCUT2D eigenvalue weighted by atomic mass is 16.1. The minimum absolute atomic E-state index is 0.000536. The number of nitrogens with one attached hydrogen (secondary N) is 1. The van der Waals surface area contributed by atoms with Crippen molar-refractivity contribution in [3.05, 3.63) is 59.7 Å². The Hall–Kier alpha value is -2.29. The van der Waals surface area contributed by atoms with E-state index >= 15 is 0 Å². The average Bonchev–Trinajstić information content (AvgIpc) is 2.90. The zero-order valence-corrected chi connectivity index (χ0v) is 12.5. The van der Waals surface area contributed by atoms with E-state index in [1.807, 2.05) is 6.92 Å². The minimum atomic E-state index is -0.000536. The van der Waals surface area contributed by atoms with E-state index in [1.165, 1.54) is 16.9 Å². The maximum absolute atomic E-state index is 11.2. The molecular formula is C18H20N2O. The monoisotopic (exact) mass is 280 g/mol. The smallest absolute Gasteiger partial charge is 0.217 e. The number of fused-ring (bicyclic) bond motifs is 1. The molecule has 1 aliphatic rings. The van der Waals surface area contributed by atoms with Gasteiger partial charge < -0.3 is 10.2 Å². The van der Waals surface area contributed by atoms with Gasteiger partial charge in [0.25, 0.3) is 0 Å². The van der Waals surface area contributed by atoms with Gasteiger partial charge in [-0.05, 0) is 42.7 Å². The first-order valence-corrected chi connectivity index (χ1v) is 7.37. The molecule has 0 radical (unpaired) electrons. The summed E-state index contributed by atoms with van der Waals surface area (Å²) in [6.07, 6.45) is 1.08. The fourth-order valence-electron chi connectivity index (χ4n) is 2.96. The van der Waals surface area contributed by atoms with Crippen LogP contribution in [-0.2, 0) is 11.2 Å². The van der Waals surface area contributed by atoms with Gasteiger partial charge in [-0.2, -0.15) is 0 Å². The van der Waals surface area contributed by atoms with E-state index in [0.29, 0.717) is 0 Å². The summed E-state index contributed by atoms with van der Waals surface area (Å²) in [5, 5.41) is 2.94. The highest BCUT2D eigenvalue weighted by Crippen LogP contribution is 2.35. The molecule has 1 atom stereocenters. The molecule has 3 nitrogen and oxygen atoms in total. The number of carbonyl (C=O) groups excluding carboxylic acids is 1. The van der Waals surface area contributed by atoms with Gasteiger partial charge in [-0.3, -0.25) is 4.79 Å². The number of benzene rings is 2. The third-order valence-corrected chi connectivity index (χ3v) is 3.99. The van der Waals surface area contributed by atoms with Crippen molar-refractivity contribution in [3.8, 4) is 0 Å². The van der Waals surface area contributed by atoms with Crippen LogP contribution in [0.15, 0.2) is 48.5 Å². The Kier molecular flexibility index (Phi) is 3.65. The van der Waals surface area contributed by atoms with E-state index in [4.69, 9.17) is 0 Å². The second kappa shape index (κ2) is 5.60. The molecule has 1 unspecified atom stereocenters. The molecule has 3 rings (SSSR count). The van der Waals surface area contributed by atoms with Crippen molar-refractivity contribution < 1.29 is 4.79 Å². The molecule has 0 aliphatic carbocycles. The van der Waals surface area contributed by atoms with Crippen LogP contribution in [0.5, 0.6) is 0 Å². The summed E-state index contributed by atoms with van der Waals surface area (Å²) < 4.78 is 0. The van der Waals surface area contributed by atoms with Gasteiger partial charge in [-0.15, -0.1) is 0 Å². The van der Waals surface area contributed by atoms with Crippen LogP contribution < -0.4 is 10.2 Å². The van der Waals surface area contributed by atoms with Crippen LogP contribution in [0.4, 0.5) is 11.4 Å². The summed E-state index contributed by atoms with van der Waals surface area (Å²) in [6, 6.07) is 17.0. The van der Waals surface area contributed by atoms with Gasteiger partial charge in [0.2, 0.25) is 5.91 Å². The standard InChI is InChI=1S/C18H20N2O/c1-13(19-14(2)21)16-7-5-8-17(12-16)20-11-10-15-6-3-4-9-18(15)20/h3-9,12-13H,10-11H2,1-2H3,(H,19,21). The maximum atomic E-state index is 11.2. The van der Waals surface area contributed by atoms with E-state index in [-0.39, 0.29) is 11.9 Å². The summed E-state index contributed by atoms with van der Waals surface area (Å²) in [6.45, 7) is 4.58. The highest BCUT2D eigenvalue weighted by molar-refractivity contribution is 5.74. The Morgan fingerprint density at radius 2 is 2.00 bits per heavy atom. The Morgan fingerprint density at radius 3 is 2.81 bits per heavy atom. The maximum Gasteiger partial charge on any atom is 0.217 e. The van der Waals surface area contributed by atoms with Gasteiger partial charge in [0, 0.05) is 24.8 Å².